The van der Waals surface area contributed by atoms with Crippen LogP contribution in [0.15, 0.2) is 5.51 Å². The van der Waals surface area contributed by atoms with Gasteiger partial charge in [0, 0.05) is 0 Å². The minimum absolute atomic E-state index is 0. The molecule has 1 heterocycles. The predicted molar refractivity (Wildman–Crippen MR) is 41.3 cm³/mol. The predicted octanol–water partition coefficient (Wildman–Crippen LogP) is 1.05. The van der Waals surface area contributed by atoms with Gasteiger partial charge in [0.1, 0.15) is 0 Å². The number of hydrogen-bond acceptors (Lipinski definition) is 4. The quantitative estimate of drug-likeness (QED) is 0.602. The van der Waals surface area contributed by atoms with Gasteiger partial charge in [-0.25, -0.2) is 11.3 Å². The molecule has 3 nitrogen and oxygen atoms in total. The molecular formula is C7H8NO2SW+. The summed E-state index contributed by atoms with van der Waals surface area (Å²) in [6, 6.07) is 0. The van der Waals surface area contributed by atoms with Crippen molar-refractivity contribution in [3.8, 4) is 0 Å². The van der Waals surface area contributed by atoms with Crippen LogP contribution in [0.5, 0.6) is 0 Å². The molecule has 0 aliphatic carbocycles. The Balaban J connectivity index is 0.00000121. The Kier molecular flexibility index (Phi) is 6.21. The second-order valence-electron chi connectivity index (χ2n) is 1.87. The van der Waals surface area contributed by atoms with E-state index in [0.717, 1.165) is 4.88 Å². The maximum absolute atomic E-state index is 10.8. The average molecular weight is 354 g/mol. The number of nitrogens with zero attached hydrogens (tertiary/aromatic N) is 1. The third-order valence-electron chi connectivity index (χ3n) is 1.05. The van der Waals surface area contributed by atoms with Crippen LogP contribution in [-0.2, 0) is 37.0 Å². The Hall–Kier alpha value is -0.212. The summed E-state index contributed by atoms with van der Waals surface area (Å²) in [5, 5.41) is 0. The molecule has 5 heteroatoms. The van der Waals surface area contributed by atoms with E-state index in [9.17, 15) is 4.79 Å². The maximum atomic E-state index is 10.8. The molecule has 1 aromatic heterocycles. The zero-order chi connectivity index (χ0) is 8.10. The van der Waals surface area contributed by atoms with Crippen molar-refractivity contribution in [2.75, 3.05) is 6.61 Å². The number of thiazole rings is 1. The van der Waals surface area contributed by atoms with Crippen LogP contribution in [-0.4, -0.2) is 17.6 Å². The molecule has 0 atom stereocenters. The van der Waals surface area contributed by atoms with Crippen LogP contribution >= 0.6 is 11.3 Å². The first kappa shape index (κ1) is 11.8. The molecule has 0 aliphatic heterocycles. The third-order valence-corrected chi connectivity index (χ3v) is 1.78. The molecule has 0 aliphatic rings. The number of esters is 1. The Morgan fingerprint density at radius 3 is 3.08 bits per heavy atom. The van der Waals surface area contributed by atoms with Crippen LogP contribution in [0.25, 0.3) is 0 Å². The summed E-state index contributed by atoms with van der Waals surface area (Å²) >= 11 is 1.41. The van der Waals surface area contributed by atoms with Gasteiger partial charge in [-0.15, -0.1) is 6.20 Å². The fraction of sp³-hybridized carbons (Fsp3) is 0.429. The van der Waals surface area contributed by atoms with E-state index in [1.54, 1.807) is 12.4 Å². The van der Waals surface area contributed by atoms with E-state index in [0.29, 0.717) is 13.0 Å². The number of carbonyl (C=O) groups is 1. The number of aromatic nitrogens is 1. The topological polar surface area (TPSA) is 39.2 Å². The van der Waals surface area contributed by atoms with Gasteiger partial charge in [0.05, 0.1) is 13.0 Å². The van der Waals surface area contributed by atoms with Crippen LogP contribution in [0.4, 0.5) is 0 Å². The molecule has 0 unspecified atom stereocenters. The standard InChI is InChI=1S/C7H8NO2S.W/c1-2-10-7(9)3-6-4-8-5-11-6;/h5H,2-3H2,1H3;/q-1;+2. The Morgan fingerprint density at radius 2 is 2.58 bits per heavy atom. The molecule has 0 amide bonds. The first-order valence-corrected chi connectivity index (χ1v) is 4.16. The molecule has 12 heavy (non-hydrogen) atoms. The van der Waals surface area contributed by atoms with Crippen molar-refractivity contribution in [1.29, 1.82) is 0 Å². The van der Waals surface area contributed by atoms with E-state index >= 15 is 0 Å². The zero-order valence-electron chi connectivity index (χ0n) is 6.57. The average Bonchev–Trinajstić information content (AvgIpc) is 2.40. The minimum atomic E-state index is -0.215. The fourth-order valence-corrected chi connectivity index (χ4v) is 1.18. The van der Waals surface area contributed by atoms with Gasteiger partial charge in [0.15, 0.2) is 0 Å². The van der Waals surface area contributed by atoms with Crippen molar-refractivity contribution >= 4 is 17.3 Å². The third kappa shape index (κ3) is 3.98. The second kappa shape index (κ2) is 6.32. The van der Waals surface area contributed by atoms with Gasteiger partial charge in [-0.1, -0.05) is 10.4 Å². The molecule has 0 N–H and O–H groups in total. The summed E-state index contributed by atoms with van der Waals surface area (Å²) in [5.74, 6) is -0.215. The van der Waals surface area contributed by atoms with E-state index in [2.05, 4.69) is 11.2 Å². The molecule has 1 aromatic rings. The fourth-order valence-electron chi connectivity index (χ4n) is 0.639. The summed E-state index contributed by atoms with van der Waals surface area (Å²) in [4.78, 5) is 15.4. The van der Waals surface area contributed by atoms with Crippen LogP contribution in [0, 0.1) is 6.20 Å². The van der Waals surface area contributed by atoms with Gasteiger partial charge in [0.25, 0.3) is 0 Å². The molecule has 0 fully saturated rings. The second-order valence-corrected chi connectivity index (χ2v) is 2.81. The molecule has 0 spiro atoms. The summed E-state index contributed by atoms with van der Waals surface area (Å²) in [5.41, 5.74) is 1.65. The molecule has 0 aromatic carbocycles. The van der Waals surface area contributed by atoms with E-state index in [-0.39, 0.29) is 27.0 Å². The summed E-state index contributed by atoms with van der Waals surface area (Å²) in [6.45, 7) is 2.21. The first-order valence-electron chi connectivity index (χ1n) is 3.28. The monoisotopic (exact) mass is 354 g/mol. The van der Waals surface area contributed by atoms with Crippen LogP contribution in [0.1, 0.15) is 11.8 Å². The summed E-state index contributed by atoms with van der Waals surface area (Å²) in [7, 11) is 0. The van der Waals surface area contributed by atoms with Crippen LogP contribution in [0.2, 0.25) is 0 Å². The Bertz CT molecular complexity index is 225. The number of ether oxygens (including phenoxy) is 1. The normalized spacial score (nSPS) is 8.75. The largest absolute Gasteiger partial charge is 2.00 e. The molecular weight excluding hydrogens is 346 g/mol. The molecule has 0 radical (unpaired) electrons. The SMILES string of the molecule is CCOC(=O)Cc1[c-]ncs1.[W+2]. The number of rotatable bonds is 3. The Morgan fingerprint density at radius 1 is 1.83 bits per heavy atom. The van der Waals surface area contributed by atoms with Gasteiger partial charge in [-0.05, 0) is 6.92 Å². The molecule has 0 saturated heterocycles. The smallest absolute Gasteiger partial charge is 0.466 e. The van der Waals surface area contributed by atoms with E-state index < -0.39 is 0 Å². The van der Waals surface area contributed by atoms with Gasteiger partial charge < -0.3 is 9.72 Å². The van der Waals surface area contributed by atoms with E-state index in [4.69, 9.17) is 4.74 Å². The van der Waals surface area contributed by atoms with Gasteiger partial charge in [0.2, 0.25) is 0 Å². The summed E-state index contributed by atoms with van der Waals surface area (Å²) in [6.07, 6.45) is 2.98. The van der Waals surface area contributed by atoms with Crippen molar-refractivity contribution in [3.63, 3.8) is 0 Å². The van der Waals surface area contributed by atoms with Crippen molar-refractivity contribution in [3.05, 3.63) is 16.6 Å². The molecule has 0 bridgehead atoms. The van der Waals surface area contributed by atoms with E-state index in [1.807, 2.05) is 0 Å². The number of carbonyl (C=O) groups excluding carboxylic acids is 1. The zero-order valence-corrected chi connectivity index (χ0v) is 10.3. The van der Waals surface area contributed by atoms with Crippen molar-refractivity contribution < 1.29 is 30.6 Å². The van der Waals surface area contributed by atoms with Crippen LogP contribution < -0.4 is 0 Å². The van der Waals surface area contributed by atoms with Gasteiger partial charge in [-0.2, -0.15) is 0 Å². The van der Waals surface area contributed by atoms with Crippen molar-refractivity contribution in [2.24, 2.45) is 0 Å². The molecule has 0 saturated carbocycles. The minimum Gasteiger partial charge on any atom is -0.466 e. The number of hydrogen-bond donors (Lipinski definition) is 0. The van der Waals surface area contributed by atoms with Crippen molar-refractivity contribution in [2.45, 2.75) is 13.3 Å². The summed E-state index contributed by atoms with van der Waals surface area (Å²) < 4.78 is 4.74. The maximum Gasteiger partial charge on any atom is 2.00 e. The van der Waals surface area contributed by atoms with E-state index in [1.165, 1.54) is 11.3 Å². The molecule has 1 rings (SSSR count). The van der Waals surface area contributed by atoms with Crippen LogP contribution in [0.3, 0.4) is 0 Å². The first-order chi connectivity index (χ1) is 5.33. The van der Waals surface area contributed by atoms with Crippen molar-refractivity contribution in [1.82, 2.24) is 4.98 Å². The Labute approximate surface area is 89.4 Å². The molecule has 64 valence electrons. The van der Waals surface area contributed by atoms with Gasteiger partial charge in [-0.3, -0.25) is 4.79 Å². The van der Waals surface area contributed by atoms with Gasteiger partial charge >= 0.3 is 27.0 Å².